The number of fused-ring (bicyclic) bond motifs is 1. The first-order chi connectivity index (χ1) is 12.1. The SMILES string of the molecule is CC1(C)C(=O)NC(=S)N2C(=O)C[C@H](C(=O)Nc3ccccc3[N+](=O)[O-])N21. The van der Waals surface area contributed by atoms with Gasteiger partial charge in [0, 0.05) is 6.07 Å². The first-order valence-electron chi connectivity index (χ1n) is 7.66. The average Bonchev–Trinajstić information content (AvgIpc) is 2.92. The van der Waals surface area contributed by atoms with Crippen molar-refractivity contribution in [2.75, 3.05) is 5.32 Å². The molecule has 2 fully saturated rings. The number of hydrogen-bond acceptors (Lipinski definition) is 7. The van der Waals surface area contributed by atoms with Gasteiger partial charge in [0.1, 0.15) is 17.3 Å². The molecule has 0 radical (unpaired) electrons. The number of nitrogens with one attached hydrogen (secondary N) is 2. The molecule has 1 atom stereocenters. The Morgan fingerprint density at radius 3 is 2.69 bits per heavy atom. The van der Waals surface area contributed by atoms with Crippen LogP contribution in [-0.4, -0.2) is 49.4 Å². The van der Waals surface area contributed by atoms with E-state index >= 15 is 0 Å². The number of hydrogen-bond donors (Lipinski definition) is 2. The van der Waals surface area contributed by atoms with Crippen molar-refractivity contribution in [3.8, 4) is 0 Å². The summed E-state index contributed by atoms with van der Waals surface area (Å²) < 4.78 is 0. The largest absolute Gasteiger partial charge is 0.319 e. The van der Waals surface area contributed by atoms with Crippen LogP contribution in [0, 0.1) is 10.1 Å². The summed E-state index contributed by atoms with van der Waals surface area (Å²) in [6.07, 6.45) is -0.203. The lowest BCUT2D eigenvalue weighted by Crippen LogP contribution is -2.71. The van der Waals surface area contributed by atoms with Crippen LogP contribution in [0.5, 0.6) is 0 Å². The fraction of sp³-hybridized carbons (Fsp3) is 0.333. The topological polar surface area (TPSA) is 125 Å². The number of nitrogens with zero attached hydrogens (tertiary/aromatic N) is 3. The molecule has 2 heterocycles. The fourth-order valence-electron chi connectivity index (χ4n) is 3.01. The molecule has 2 N–H and O–H groups in total. The second-order valence-corrected chi connectivity index (χ2v) is 6.74. The van der Waals surface area contributed by atoms with Gasteiger partial charge in [-0.15, -0.1) is 0 Å². The number of anilines is 1. The molecule has 0 aliphatic carbocycles. The first-order valence-corrected chi connectivity index (χ1v) is 8.07. The van der Waals surface area contributed by atoms with Crippen LogP contribution in [0.25, 0.3) is 0 Å². The van der Waals surface area contributed by atoms with Gasteiger partial charge >= 0.3 is 0 Å². The third-order valence-electron chi connectivity index (χ3n) is 4.32. The molecule has 136 valence electrons. The minimum absolute atomic E-state index is 0.00948. The van der Waals surface area contributed by atoms with Gasteiger partial charge in [-0.25, -0.2) is 5.01 Å². The number of amides is 3. The van der Waals surface area contributed by atoms with E-state index in [-0.39, 0.29) is 22.9 Å². The van der Waals surface area contributed by atoms with Gasteiger partial charge in [0.25, 0.3) is 5.69 Å². The molecular formula is C15H15N5O5S. The van der Waals surface area contributed by atoms with E-state index in [9.17, 15) is 24.5 Å². The summed E-state index contributed by atoms with van der Waals surface area (Å²) in [7, 11) is 0. The Morgan fingerprint density at radius 1 is 1.38 bits per heavy atom. The molecule has 2 aliphatic heterocycles. The van der Waals surface area contributed by atoms with Gasteiger partial charge in [0.15, 0.2) is 5.11 Å². The quantitative estimate of drug-likeness (QED) is 0.447. The Bertz CT molecular complexity index is 855. The van der Waals surface area contributed by atoms with E-state index in [0.29, 0.717) is 0 Å². The molecule has 0 aromatic heterocycles. The summed E-state index contributed by atoms with van der Waals surface area (Å²) >= 11 is 5.03. The van der Waals surface area contributed by atoms with Gasteiger partial charge in [-0.3, -0.25) is 29.8 Å². The number of para-hydroxylation sites is 2. The van der Waals surface area contributed by atoms with Crippen molar-refractivity contribution >= 4 is 46.4 Å². The molecule has 3 amide bonds. The van der Waals surface area contributed by atoms with Gasteiger partial charge in [-0.1, -0.05) is 12.1 Å². The van der Waals surface area contributed by atoms with Crippen molar-refractivity contribution in [2.24, 2.45) is 0 Å². The molecule has 1 aromatic carbocycles. The molecule has 0 unspecified atom stereocenters. The summed E-state index contributed by atoms with van der Waals surface area (Å²) in [6.45, 7) is 3.11. The third-order valence-corrected chi connectivity index (χ3v) is 4.59. The highest BCUT2D eigenvalue weighted by Gasteiger charge is 2.56. The zero-order chi connectivity index (χ0) is 19.2. The lowest BCUT2D eigenvalue weighted by atomic mass is 10.00. The van der Waals surface area contributed by atoms with Gasteiger partial charge < -0.3 is 5.32 Å². The van der Waals surface area contributed by atoms with E-state index in [2.05, 4.69) is 10.6 Å². The maximum absolute atomic E-state index is 12.8. The molecule has 2 aliphatic rings. The van der Waals surface area contributed by atoms with Gasteiger partial charge in [0.05, 0.1) is 11.3 Å². The molecule has 1 aromatic rings. The Hall–Kier alpha value is -2.92. The van der Waals surface area contributed by atoms with Crippen LogP contribution in [0.3, 0.4) is 0 Å². The second kappa shape index (κ2) is 6.11. The smallest absolute Gasteiger partial charge is 0.292 e. The van der Waals surface area contributed by atoms with Crippen molar-refractivity contribution in [2.45, 2.75) is 31.8 Å². The van der Waals surface area contributed by atoms with Crippen LogP contribution in [0.2, 0.25) is 0 Å². The van der Waals surface area contributed by atoms with Crippen molar-refractivity contribution < 1.29 is 19.3 Å². The van der Waals surface area contributed by atoms with Crippen molar-refractivity contribution in [3.05, 3.63) is 34.4 Å². The summed E-state index contributed by atoms with van der Waals surface area (Å²) in [6, 6.07) is 4.65. The normalized spacial score (nSPS) is 22.0. The molecule has 11 heteroatoms. The Balaban J connectivity index is 1.93. The van der Waals surface area contributed by atoms with Crippen molar-refractivity contribution in [1.29, 1.82) is 0 Å². The van der Waals surface area contributed by atoms with Gasteiger partial charge in [0.2, 0.25) is 17.7 Å². The molecule has 10 nitrogen and oxygen atoms in total. The molecule has 0 spiro atoms. The first kappa shape index (κ1) is 17.9. The van der Waals surface area contributed by atoms with Crippen LogP contribution in [-0.2, 0) is 14.4 Å². The minimum Gasteiger partial charge on any atom is -0.319 e. The highest BCUT2D eigenvalue weighted by Crippen LogP contribution is 2.33. The number of nitro groups is 1. The Kier molecular flexibility index (Phi) is 4.20. The van der Waals surface area contributed by atoms with E-state index < -0.39 is 34.2 Å². The molecule has 26 heavy (non-hydrogen) atoms. The zero-order valence-corrected chi connectivity index (χ0v) is 14.7. The van der Waals surface area contributed by atoms with E-state index in [0.717, 1.165) is 5.01 Å². The van der Waals surface area contributed by atoms with E-state index in [1.54, 1.807) is 19.9 Å². The number of thiocarbonyl (C=S) groups is 1. The number of carbonyl (C=O) groups excluding carboxylic acids is 3. The van der Waals surface area contributed by atoms with Gasteiger partial charge in [-0.2, -0.15) is 5.01 Å². The standard InChI is InChI=1S/C15H15N5O5S/c1-15(2)13(23)17-14(26)18-11(21)7-10(19(15)18)12(22)16-8-5-3-4-6-9(8)20(24)25/h3-6,10H,7H2,1-2H3,(H,16,22)(H,17,23,26)/t10-/m1/s1. The van der Waals surface area contributed by atoms with Crippen LogP contribution < -0.4 is 10.6 Å². The predicted molar refractivity (Wildman–Crippen MR) is 93.6 cm³/mol. The van der Waals surface area contributed by atoms with Crippen molar-refractivity contribution in [3.63, 3.8) is 0 Å². The highest BCUT2D eigenvalue weighted by atomic mass is 32.1. The average molecular weight is 377 g/mol. The van der Waals surface area contributed by atoms with Crippen molar-refractivity contribution in [1.82, 2.24) is 15.3 Å². The highest BCUT2D eigenvalue weighted by molar-refractivity contribution is 7.80. The number of carbonyl (C=O) groups is 3. The zero-order valence-electron chi connectivity index (χ0n) is 13.9. The second-order valence-electron chi connectivity index (χ2n) is 6.35. The van der Waals surface area contributed by atoms with E-state index in [1.165, 1.54) is 23.2 Å². The van der Waals surface area contributed by atoms with Gasteiger partial charge in [-0.05, 0) is 32.1 Å². The molecule has 0 saturated carbocycles. The monoisotopic (exact) mass is 377 g/mol. The third kappa shape index (κ3) is 2.70. The van der Waals surface area contributed by atoms with E-state index in [1.807, 2.05) is 0 Å². The summed E-state index contributed by atoms with van der Waals surface area (Å²) in [5.41, 5.74) is -1.47. The fourth-order valence-corrected chi connectivity index (χ4v) is 3.30. The minimum atomic E-state index is -1.21. The maximum Gasteiger partial charge on any atom is 0.292 e. The van der Waals surface area contributed by atoms with Crippen LogP contribution in [0.1, 0.15) is 20.3 Å². The number of hydrazine groups is 1. The number of benzene rings is 1. The molecule has 2 saturated heterocycles. The molecule has 0 bridgehead atoms. The van der Waals surface area contributed by atoms with Crippen LogP contribution >= 0.6 is 12.2 Å². The Morgan fingerprint density at radius 2 is 2.04 bits per heavy atom. The molecular weight excluding hydrogens is 362 g/mol. The Labute approximate surface area is 153 Å². The van der Waals surface area contributed by atoms with Crippen LogP contribution in [0.15, 0.2) is 24.3 Å². The summed E-state index contributed by atoms with van der Waals surface area (Å²) in [5.74, 6) is -1.52. The summed E-state index contributed by atoms with van der Waals surface area (Å²) in [4.78, 5) is 47.8. The lowest BCUT2D eigenvalue weighted by Gasteiger charge is -2.45. The van der Waals surface area contributed by atoms with E-state index in [4.69, 9.17) is 12.2 Å². The summed E-state index contributed by atoms with van der Waals surface area (Å²) in [5, 5.41) is 18.3. The predicted octanol–water partition coefficient (Wildman–Crippen LogP) is 0.544. The van der Waals surface area contributed by atoms with Crippen LogP contribution in [0.4, 0.5) is 11.4 Å². The molecule has 3 rings (SSSR count). The number of nitro benzene ring substituents is 1. The lowest BCUT2D eigenvalue weighted by molar-refractivity contribution is -0.383. The maximum atomic E-state index is 12.8. The number of rotatable bonds is 3.